The summed E-state index contributed by atoms with van der Waals surface area (Å²) in [5, 5.41) is 6.69. The van der Waals surface area contributed by atoms with E-state index in [0.717, 1.165) is 50.1 Å². The van der Waals surface area contributed by atoms with Gasteiger partial charge in [-0.15, -0.1) is 24.0 Å². The first-order valence-corrected chi connectivity index (χ1v) is 8.41. The fraction of sp³-hybridized carbons (Fsp3) is 0.647. The van der Waals surface area contributed by atoms with Crippen molar-refractivity contribution in [3.63, 3.8) is 0 Å². The molecule has 1 aliphatic heterocycles. The molecule has 0 bridgehead atoms. The van der Waals surface area contributed by atoms with Gasteiger partial charge in [0, 0.05) is 50.5 Å². The van der Waals surface area contributed by atoms with E-state index in [-0.39, 0.29) is 24.0 Å². The molecule has 1 atom stereocenters. The summed E-state index contributed by atoms with van der Waals surface area (Å²) in [5.74, 6) is 1.43. The van der Waals surface area contributed by atoms with Crippen LogP contribution in [0.5, 0.6) is 5.88 Å². The predicted molar refractivity (Wildman–Crippen MR) is 111 cm³/mol. The second-order valence-electron chi connectivity index (χ2n) is 5.93. The molecule has 1 fully saturated rings. The molecule has 2 heterocycles. The van der Waals surface area contributed by atoms with Gasteiger partial charge in [-0.3, -0.25) is 9.89 Å². The Kier molecular flexibility index (Phi) is 10.1. The number of morpholine rings is 1. The van der Waals surface area contributed by atoms with E-state index in [4.69, 9.17) is 9.47 Å². The zero-order valence-corrected chi connectivity index (χ0v) is 17.9. The van der Waals surface area contributed by atoms with Crippen LogP contribution in [0.25, 0.3) is 0 Å². The van der Waals surface area contributed by atoms with Crippen LogP contribution in [0.15, 0.2) is 17.1 Å². The van der Waals surface area contributed by atoms with E-state index < -0.39 is 0 Å². The van der Waals surface area contributed by atoms with Gasteiger partial charge >= 0.3 is 0 Å². The Morgan fingerprint density at radius 1 is 1.36 bits per heavy atom. The predicted octanol–water partition coefficient (Wildman–Crippen LogP) is 1.40. The Morgan fingerprint density at radius 2 is 2.08 bits per heavy atom. The van der Waals surface area contributed by atoms with Gasteiger partial charge in [-0.05, 0) is 19.9 Å². The van der Waals surface area contributed by atoms with Crippen molar-refractivity contribution in [2.45, 2.75) is 26.4 Å². The van der Waals surface area contributed by atoms with E-state index in [0.29, 0.717) is 18.5 Å². The largest absolute Gasteiger partial charge is 0.481 e. The highest BCUT2D eigenvalue weighted by atomic mass is 127. The molecule has 1 aromatic rings. The van der Waals surface area contributed by atoms with Crippen LogP contribution in [-0.4, -0.2) is 68.9 Å². The first-order chi connectivity index (χ1) is 11.6. The molecule has 142 valence electrons. The lowest BCUT2D eigenvalue weighted by Crippen LogP contribution is -2.49. The Balaban J connectivity index is 0.00000312. The molecule has 0 spiro atoms. The normalized spacial score (nSPS) is 16.7. The van der Waals surface area contributed by atoms with Crippen LogP contribution >= 0.6 is 24.0 Å². The quantitative estimate of drug-likeness (QED) is 0.378. The molecule has 2 rings (SSSR count). The van der Waals surface area contributed by atoms with Gasteiger partial charge < -0.3 is 20.1 Å². The molecule has 0 radical (unpaired) electrons. The maximum absolute atomic E-state index is 5.40. The Labute approximate surface area is 167 Å². The van der Waals surface area contributed by atoms with Gasteiger partial charge in [0.25, 0.3) is 0 Å². The van der Waals surface area contributed by atoms with E-state index >= 15 is 0 Å². The number of aliphatic imine (C=N–C) groups is 1. The first-order valence-electron chi connectivity index (χ1n) is 8.41. The molecule has 7 nitrogen and oxygen atoms in total. The summed E-state index contributed by atoms with van der Waals surface area (Å²) in [7, 11) is 3.42. The van der Waals surface area contributed by atoms with Crippen molar-refractivity contribution in [2.24, 2.45) is 4.99 Å². The molecule has 0 aliphatic carbocycles. The molecule has 0 amide bonds. The lowest BCUT2D eigenvalue weighted by Gasteiger charge is -2.32. The molecule has 25 heavy (non-hydrogen) atoms. The van der Waals surface area contributed by atoms with Crippen molar-refractivity contribution < 1.29 is 9.47 Å². The lowest BCUT2D eigenvalue weighted by molar-refractivity contribution is 0.0211. The number of ether oxygens (including phenoxy) is 2. The summed E-state index contributed by atoms with van der Waals surface area (Å²) in [6, 6.07) is 4.44. The molecule has 2 N–H and O–H groups in total. The number of nitrogens with zero attached hydrogens (tertiary/aromatic N) is 3. The molecule has 0 aromatic carbocycles. The zero-order valence-electron chi connectivity index (χ0n) is 15.5. The number of rotatable bonds is 6. The van der Waals surface area contributed by atoms with Crippen LogP contribution in [0.2, 0.25) is 0 Å². The topological polar surface area (TPSA) is 71.0 Å². The highest BCUT2D eigenvalue weighted by Crippen LogP contribution is 2.15. The van der Waals surface area contributed by atoms with Gasteiger partial charge in [-0.1, -0.05) is 6.07 Å². The van der Waals surface area contributed by atoms with E-state index in [2.05, 4.69) is 32.4 Å². The summed E-state index contributed by atoms with van der Waals surface area (Å²) >= 11 is 0. The Bertz CT molecular complexity index is 550. The molecular weight excluding hydrogens is 433 g/mol. The third-order valence-corrected chi connectivity index (χ3v) is 4.18. The number of pyridine rings is 1. The highest BCUT2D eigenvalue weighted by Gasteiger charge is 2.17. The summed E-state index contributed by atoms with van der Waals surface area (Å²) in [6.45, 7) is 9.23. The fourth-order valence-electron chi connectivity index (χ4n) is 2.66. The maximum Gasteiger partial charge on any atom is 0.218 e. The number of methoxy groups -OCH3 is 1. The van der Waals surface area contributed by atoms with Crippen LogP contribution in [0, 0.1) is 6.92 Å². The third-order valence-electron chi connectivity index (χ3n) is 4.18. The van der Waals surface area contributed by atoms with Crippen LogP contribution in [0.4, 0.5) is 0 Å². The standard InChI is InChI=1S/C17H29N5O2.HI/c1-13-5-6-15(16(21-13)23-4)12-20-17(18-3)19-11-14(2)22-7-9-24-10-8-22;/h5-6,14H,7-12H2,1-4H3,(H2,18,19,20);1H. The summed E-state index contributed by atoms with van der Waals surface area (Å²) in [4.78, 5) is 11.1. The SMILES string of the molecule is CN=C(NCc1ccc(C)nc1OC)NCC(C)N1CCOCC1.I. The van der Waals surface area contributed by atoms with Gasteiger partial charge in [0.05, 0.1) is 20.3 Å². The summed E-state index contributed by atoms with van der Waals surface area (Å²) in [5.41, 5.74) is 1.95. The third kappa shape index (κ3) is 6.95. The minimum atomic E-state index is 0. The molecule has 1 saturated heterocycles. The number of hydrogen-bond donors (Lipinski definition) is 2. The van der Waals surface area contributed by atoms with Gasteiger partial charge in [0.15, 0.2) is 5.96 Å². The molecule has 0 saturated carbocycles. The Hall–Kier alpha value is -1.13. The van der Waals surface area contributed by atoms with Gasteiger partial charge in [0.1, 0.15) is 0 Å². The zero-order chi connectivity index (χ0) is 17.4. The summed E-state index contributed by atoms with van der Waals surface area (Å²) in [6.07, 6.45) is 0. The monoisotopic (exact) mass is 463 g/mol. The second-order valence-corrected chi connectivity index (χ2v) is 5.93. The smallest absolute Gasteiger partial charge is 0.218 e. The number of hydrogen-bond acceptors (Lipinski definition) is 5. The number of halogens is 1. The van der Waals surface area contributed by atoms with Gasteiger partial charge in [-0.25, -0.2) is 4.98 Å². The average Bonchev–Trinajstić information content (AvgIpc) is 2.63. The molecular formula is C17H30IN5O2. The number of aryl methyl sites for hydroxylation is 1. The lowest BCUT2D eigenvalue weighted by atomic mass is 10.2. The van der Waals surface area contributed by atoms with Crippen LogP contribution in [0.3, 0.4) is 0 Å². The first kappa shape index (κ1) is 21.9. The van der Waals surface area contributed by atoms with Crippen molar-refractivity contribution in [2.75, 3.05) is 47.0 Å². The van der Waals surface area contributed by atoms with Gasteiger partial charge in [0.2, 0.25) is 5.88 Å². The Morgan fingerprint density at radius 3 is 2.72 bits per heavy atom. The van der Waals surface area contributed by atoms with Crippen molar-refractivity contribution in [3.8, 4) is 5.88 Å². The van der Waals surface area contributed by atoms with Crippen LogP contribution < -0.4 is 15.4 Å². The number of guanidine groups is 1. The van der Waals surface area contributed by atoms with Crippen LogP contribution in [0.1, 0.15) is 18.2 Å². The highest BCUT2D eigenvalue weighted by molar-refractivity contribution is 14.0. The van der Waals surface area contributed by atoms with Crippen LogP contribution in [-0.2, 0) is 11.3 Å². The molecule has 1 aromatic heterocycles. The molecule has 8 heteroatoms. The number of aromatic nitrogens is 1. The van der Waals surface area contributed by atoms with Crippen molar-refractivity contribution in [3.05, 3.63) is 23.4 Å². The van der Waals surface area contributed by atoms with Crippen molar-refractivity contribution in [1.82, 2.24) is 20.5 Å². The second kappa shape index (κ2) is 11.5. The molecule has 1 unspecified atom stereocenters. The average molecular weight is 463 g/mol. The summed E-state index contributed by atoms with van der Waals surface area (Å²) < 4.78 is 10.7. The maximum atomic E-state index is 5.40. The minimum Gasteiger partial charge on any atom is -0.481 e. The molecule has 1 aliphatic rings. The van der Waals surface area contributed by atoms with Crippen molar-refractivity contribution in [1.29, 1.82) is 0 Å². The minimum absolute atomic E-state index is 0. The van der Waals surface area contributed by atoms with E-state index in [1.54, 1.807) is 14.2 Å². The number of nitrogens with one attached hydrogen (secondary N) is 2. The van der Waals surface area contributed by atoms with E-state index in [1.165, 1.54) is 0 Å². The van der Waals surface area contributed by atoms with E-state index in [1.807, 2.05) is 19.1 Å². The van der Waals surface area contributed by atoms with Crippen molar-refractivity contribution >= 4 is 29.9 Å². The fourth-order valence-corrected chi connectivity index (χ4v) is 2.66. The van der Waals surface area contributed by atoms with Gasteiger partial charge in [-0.2, -0.15) is 0 Å². The van der Waals surface area contributed by atoms with E-state index in [9.17, 15) is 0 Å².